The van der Waals surface area contributed by atoms with E-state index in [4.69, 9.17) is 0 Å². The molecule has 0 aliphatic heterocycles. The molecule has 0 fully saturated rings. The molecule has 0 saturated carbocycles. The highest BCUT2D eigenvalue weighted by Gasteiger charge is 2.20. The normalized spacial score (nSPS) is 13.0. The molecular formula is C17H22N2O3S2. The van der Waals surface area contributed by atoms with Crippen molar-refractivity contribution in [3.05, 3.63) is 52.2 Å². The van der Waals surface area contributed by atoms with Crippen LogP contribution in [0.2, 0.25) is 0 Å². The number of thiophene rings is 1. The van der Waals surface area contributed by atoms with Crippen LogP contribution < -0.4 is 10.0 Å². The zero-order chi connectivity index (χ0) is 17.7. The Morgan fingerprint density at radius 2 is 1.83 bits per heavy atom. The van der Waals surface area contributed by atoms with E-state index >= 15 is 0 Å². The van der Waals surface area contributed by atoms with Crippen LogP contribution in [0.1, 0.15) is 42.0 Å². The summed E-state index contributed by atoms with van der Waals surface area (Å²) in [6, 6.07) is 9.85. The van der Waals surface area contributed by atoms with Crippen molar-refractivity contribution in [1.82, 2.24) is 10.0 Å². The summed E-state index contributed by atoms with van der Waals surface area (Å²) in [5.74, 6) is 0.0375. The number of hydrogen-bond donors (Lipinski definition) is 2. The first-order chi connectivity index (χ1) is 11.3. The molecule has 1 amide bonds. The molecule has 1 heterocycles. The molecule has 0 aliphatic carbocycles. The number of benzene rings is 1. The maximum atomic E-state index is 12.5. The lowest BCUT2D eigenvalue weighted by atomic mass is 10.0. The van der Waals surface area contributed by atoms with Gasteiger partial charge in [-0.2, -0.15) is 0 Å². The number of nitrogens with one attached hydrogen (secondary N) is 2. The van der Waals surface area contributed by atoms with Crippen molar-refractivity contribution in [1.29, 1.82) is 0 Å². The lowest BCUT2D eigenvalue weighted by Crippen LogP contribution is -2.31. The van der Waals surface area contributed by atoms with Gasteiger partial charge in [-0.15, -0.1) is 11.3 Å². The fourth-order valence-electron chi connectivity index (χ4n) is 2.32. The summed E-state index contributed by atoms with van der Waals surface area (Å²) < 4.78 is 26.3. The molecule has 1 atom stereocenters. The molecule has 5 nitrogen and oxygen atoms in total. The number of carbonyl (C=O) groups excluding carboxylic acids is 1. The largest absolute Gasteiger partial charge is 0.344 e. The summed E-state index contributed by atoms with van der Waals surface area (Å²) in [6.45, 7) is 6.14. The molecule has 7 heteroatoms. The lowest BCUT2D eigenvalue weighted by Gasteiger charge is -2.21. The Morgan fingerprint density at radius 3 is 2.33 bits per heavy atom. The van der Waals surface area contributed by atoms with Gasteiger partial charge in [-0.05, 0) is 41.6 Å². The van der Waals surface area contributed by atoms with Crippen molar-refractivity contribution in [2.24, 2.45) is 5.92 Å². The second-order valence-corrected chi connectivity index (χ2v) is 8.48. The van der Waals surface area contributed by atoms with Crippen LogP contribution in [0, 0.1) is 5.92 Å². The molecule has 0 saturated heterocycles. The van der Waals surface area contributed by atoms with Crippen LogP contribution in [0.15, 0.2) is 46.7 Å². The van der Waals surface area contributed by atoms with E-state index in [0.29, 0.717) is 12.1 Å². The Morgan fingerprint density at radius 1 is 1.17 bits per heavy atom. The van der Waals surface area contributed by atoms with E-state index in [1.54, 1.807) is 18.3 Å². The quantitative estimate of drug-likeness (QED) is 0.790. The van der Waals surface area contributed by atoms with Gasteiger partial charge in [0.1, 0.15) is 0 Å². The van der Waals surface area contributed by atoms with Gasteiger partial charge < -0.3 is 5.32 Å². The van der Waals surface area contributed by atoms with Gasteiger partial charge in [-0.1, -0.05) is 26.8 Å². The minimum atomic E-state index is -3.50. The Bertz CT molecular complexity index is 767. The second-order valence-electron chi connectivity index (χ2n) is 5.74. The van der Waals surface area contributed by atoms with Gasteiger partial charge in [0.05, 0.1) is 10.9 Å². The number of hydrogen-bond acceptors (Lipinski definition) is 4. The number of amides is 1. The standard InChI is InChI=1S/C17H22N2O3S2/c1-4-18-24(21,22)14-9-7-13(8-10-14)17(20)19-16(12(2)3)15-6-5-11-23-15/h5-12,16,18H,4H2,1-3H3,(H,19,20)/t16-/m1/s1. The zero-order valence-electron chi connectivity index (χ0n) is 13.9. The Balaban J connectivity index is 2.15. The predicted octanol–water partition coefficient (Wildman–Crippen LogP) is 3.17. The number of rotatable bonds is 7. The third-order valence-corrected chi connectivity index (χ3v) is 6.08. The fourth-order valence-corrected chi connectivity index (χ4v) is 4.31. The molecule has 2 N–H and O–H groups in total. The maximum absolute atomic E-state index is 12.5. The minimum Gasteiger partial charge on any atom is -0.344 e. The summed E-state index contributed by atoms with van der Waals surface area (Å²) in [7, 11) is -3.50. The summed E-state index contributed by atoms with van der Waals surface area (Å²) in [6.07, 6.45) is 0. The van der Waals surface area contributed by atoms with Crippen molar-refractivity contribution in [3.63, 3.8) is 0 Å². The van der Waals surface area contributed by atoms with Crippen LogP contribution >= 0.6 is 11.3 Å². The fraction of sp³-hybridized carbons (Fsp3) is 0.353. The maximum Gasteiger partial charge on any atom is 0.251 e. The first-order valence-electron chi connectivity index (χ1n) is 7.79. The summed E-state index contributed by atoms with van der Waals surface area (Å²) in [5, 5.41) is 5.01. The predicted molar refractivity (Wildman–Crippen MR) is 96.7 cm³/mol. The van der Waals surface area contributed by atoms with Crippen LogP contribution in [0.4, 0.5) is 0 Å². The van der Waals surface area contributed by atoms with Crippen LogP contribution in [0.25, 0.3) is 0 Å². The summed E-state index contributed by atoms with van der Waals surface area (Å²) in [5.41, 5.74) is 0.438. The van der Waals surface area contributed by atoms with E-state index in [1.165, 1.54) is 24.3 Å². The van der Waals surface area contributed by atoms with Gasteiger partial charge in [0.2, 0.25) is 10.0 Å². The second kappa shape index (κ2) is 7.92. The number of carbonyl (C=O) groups is 1. The van der Waals surface area contributed by atoms with Crippen LogP contribution in [-0.4, -0.2) is 20.9 Å². The molecule has 1 aromatic heterocycles. The Labute approximate surface area is 147 Å². The van der Waals surface area contributed by atoms with Crippen LogP contribution in [-0.2, 0) is 10.0 Å². The molecule has 130 valence electrons. The first-order valence-corrected chi connectivity index (χ1v) is 10.2. The minimum absolute atomic E-state index is 0.0670. The molecular weight excluding hydrogens is 344 g/mol. The highest BCUT2D eigenvalue weighted by molar-refractivity contribution is 7.89. The van der Waals surface area contributed by atoms with Crippen LogP contribution in [0.3, 0.4) is 0 Å². The molecule has 0 unspecified atom stereocenters. The summed E-state index contributed by atoms with van der Waals surface area (Å²) >= 11 is 1.61. The molecule has 0 aliphatic rings. The van der Waals surface area contributed by atoms with Gasteiger partial charge in [0.25, 0.3) is 5.91 Å². The van der Waals surface area contributed by atoms with Crippen molar-refractivity contribution < 1.29 is 13.2 Å². The van der Waals surface area contributed by atoms with Crippen molar-refractivity contribution in [2.45, 2.75) is 31.7 Å². The van der Waals surface area contributed by atoms with Crippen molar-refractivity contribution in [3.8, 4) is 0 Å². The van der Waals surface area contributed by atoms with E-state index in [1.807, 2.05) is 17.5 Å². The number of sulfonamides is 1. The lowest BCUT2D eigenvalue weighted by molar-refractivity contribution is 0.0926. The van der Waals surface area contributed by atoms with Crippen LogP contribution in [0.5, 0.6) is 0 Å². The third-order valence-electron chi connectivity index (χ3n) is 3.56. The zero-order valence-corrected chi connectivity index (χ0v) is 15.6. The SMILES string of the molecule is CCNS(=O)(=O)c1ccc(C(=O)N[C@@H](c2cccs2)C(C)C)cc1. The van der Waals surface area contributed by atoms with E-state index in [9.17, 15) is 13.2 Å². The van der Waals surface area contributed by atoms with E-state index in [-0.39, 0.29) is 22.8 Å². The molecule has 2 rings (SSSR count). The molecule has 1 aromatic carbocycles. The molecule has 2 aromatic rings. The molecule has 0 spiro atoms. The van der Waals surface area contributed by atoms with Gasteiger partial charge in [0, 0.05) is 17.0 Å². The van der Waals surface area contributed by atoms with Crippen molar-refractivity contribution >= 4 is 27.3 Å². The van der Waals surface area contributed by atoms with Gasteiger partial charge in [-0.25, -0.2) is 13.1 Å². The average molecular weight is 367 g/mol. The molecule has 24 heavy (non-hydrogen) atoms. The third kappa shape index (κ3) is 4.43. The first kappa shape index (κ1) is 18.6. The smallest absolute Gasteiger partial charge is 0.251 e. The monoisotopic (exact) mass is 366 g/mol. The Hall–Kier alpha value is -1.70. The van der Waals surface area contributed by atoms with Gasteiger partial charge in [0.15, 0.2) is 0 Å². The van der Waals surface area contributed by atoms with E-state index < -0.39 is 10.0 Å². The summed E-state index contributed by atoms with van der Waals surface area (Å²) in [4.78, 5) is 13.7. The molecule has 0 bridgehead atoms. The molecule has 0 radical (unpaired) electrons. The highest BCUT2D eigenvalue weighted by atomic mass is 32.2. The van der Waals surface area contributed by atoms with Crippen molar-refractivity contribution in [2.75, 3.05) is 6.54 Å². The van der Waals surface area contributed by atoms with Gasteiger partial charge >= 0.3 is 0 Å². The highest BCUT2D eigenvalue weighted by Crippen LogP contribution is 2.26. The van der Waals surface area contributed by atoms with E-state index in [0.717, 1.165) is 4.88 Å². The Kier molecular flexibility index (Phi) is 6.15. The van der Waals surface area contributed by atoms with Gasteiger partial charge in [-0.3, -0.25) is 4.79 Å². The topological polar surface area (TPSA) is 75.3 Å². The van der Waals surface area contributed by atoms with E-state index in [2.05, 4.69) is 23.9 Å². The average Bonchev–Trinajstić information content (AvgIpc) is 3.06.